The second-order valence-corrected chi connectivity index (χ2v) is 13.6. The first-order chi connectivity index (χ1) is 19.6. The number of fused-ring (bicyclic) bond motifs is 2. The number of aliphatic hydroxyl groups is 1. The predicted molar refractivity (Wildman–Crippen MR) is 157 cm³/mol. The molecule has 4 atom stereocenters. The van der Waals surface area contributed by atoms with Crippen LogP contribution in [0, 0.1) is 5.92 Å². The Hall–Kier alpha value is -3.20. The number of phenolic OH excluding ortho intramolecular Hbond substituents is 1. The first-order valence-corrected chi connectivity index (χ1v) is 14.6. The molecule has 4 unspecified atom stereocenters. The summed E-state index contributed by atoms with van der Waals surface area (Å²) in [5.74, 6) is -0.709. The van der Waals surface area contributed by atoms with Gasteiger partial charge >= 0.3 is 0 Å². The molecule has 3 aliphatic carbocycles. The van der Waals surface area contributed by atoms with Crippen molar-refractivity contribution in [2.75, 3.05) is 13.7 Å². The predicted octanol–water partition coefficient (Wildman–Crippen LogP) is 5.19. The van der Waals surface area contributed by atoms with Gasteiger partial charge in [-0.05, 0) is 79.5 Å². The highest BCUT2D eigenvalue weighted by molar-refractivity contribution is 6.20. The summed E-state index contributed by atoms with van der Waals surface area (Å²) in [7, 11) is 1.47. The topological polar surface area (TPSA) is 112 Å². The van der Waals surface area contributed by atoms with E-state index in [9.17, 15) is 19.8 Å². The minimum absolute atomic E-state index is 0.0522. The summed E-state index contributed by atoms with van der Waals surface area (Å²) < 4.78 is 26.3. The van der Waals surface area contributed by atoms with Gasteiger partial charge in [0.25, 0.3) is 0 Å². The first-order valence-electron chi connectivity index (χ1n) is 14.6. The summed E-state index contributed by atoms with van der Waals surface area (Å²) in [6.07, 6.45) is 9.80. The van der Waals surface area contributed by atoms with Crippen LogP contribution < -0.4 is 9.47 Å². The maximum atomic E-state index is 14.7. The lowest BCUT2D eigenvalue weighted by atomic mass is 9.49. The molecular weight excluding hydrogens is 536 g/mol. The van der Waals surface area contributed by atoms with Gasteiger partial charge in [-0.2, -0.15) is 0 Å². The largest absolute Gasteiger partial charge is 0.506 e. The van der Waals surface area contributed by atoms with Crippen molar-refractivity contribution in [3.05, 3.63) is 57.7 Å². The molecule has 1 saturated heterocycles. The summed E-state index contributed by atoms with van der Waals surface area (Å²) >= 11 is 0. The van der Waals surface area contributed by atoms with E-state index in [1.54, 1.807) is 25.2 Å². The maximum absolute atomic E-state index is 14.7. The second-order valence-electron chi connectivity index (χ2n) is 13.6. The van der Waals surface area contributed by atoms with E-state index in [0.717, 1.165) is 5.57 Å². The molecule has 4 bridgehead atoms. The van der Waals surface area contributed by atoms with Crippen LogP contribution in [0.2, 0.25) is 0 Å². The zero-order valence-electron chi connectivity index (χ0n) is 25.6. The van der Waals surface area contributed by atoms with Crippen molar-refractivity contribution < 1.29 is 38.7 Å². The third kappa shape index (κ3) is 3.52. The summed E-state index contributed by atoms with van der Waals surface area (Å²) in [5, 5.41) is 21.4. The zero-order chi connectivity index (χ0) is 30.6. The van der Waals surface area contributed by atoms with Crippen LogP contribution in [0.4, 0.5) is 0 Å². The number of carbonyl (C=O) groups excluding carboxylic acids is 2. The number of carbonyl (C=O) groups is 2. The minimum atomic E-state index is -1.61. The Kier molecular flexibility index (Phi) is 6.13. The van der Waals surface area contributed by atoms with E-state index in [1.165, 1.54) is 7.11 Å². The van der Waals surface area contributed by atoms with Crippen molar-refractivity contribution in [3.63, 3.8) is 0 Å². The average Bonchev–Trinajstić information content (AvgIpc) is 3.08. The number of benzene rings is 1. The average molecular weight is 577 g/mol. The molecule has 2 N–H and O–H groups in total. The molecule has 7 rings (SSSR count). The number of allylic oxidation sites excluding steroid dienone is 2. The van der Waals surface area contributed by atoms with E-state index >= 15 is 0 Å². The number of aromatic hydroxyl groups is 1. The fraction of sp³-hybridized carbons (Fsp3) is 0.529. The van der Waals surface area contributed by atoms with E-state index in [2.05, 4.69) is 0 Å². The van der Waals surface area contributed by atoms with Gasteiger partial charge in [0, 0.05) is 30.6 Å². The number of phenols is 1. The molecule has 0 amide bonds. The highest BCUT2D eigenvalue weighted by Crippen LogP contribution is 2.70. The van der Waals surface area contributed by atoms with Crippen molar-refractivity contribution in [2.24, 2.45) is 5.92 Å². The van der Waals surface area contributed by atoms with Crippen LogP contribution in [-0.4, -0.2) is 63.5 Å². The number of hydrogen-bond donors (Lipinski definition) is 2. The van der Waals surface area contributed by atoms with Crippen LogP contribution in [0.25, 0.3) is 6.08 Å². The van der Waals surface area contributed by atoms with E-state index in [0.29, 0.717) is 28.9 Å². The molecule has 224 valence electrons. The SMILES string of the molecule is COC12C=C3C(=O)c4c(O)c5c(c(CC=C(C)C)c4OC34C(C1)C(C)(C)OC4(CC=C(C)CO)C2=O)OC(C)(C)C=C5. The van der Waals surface area contributed by atoms with Crippen molar-refractivity contribution in [1.29, 1.82) is 0 Å². The Morgan fingerprint density at radius 1 is 1.10 bits per heavy atom. The Morgan fingerprint density at radius 2 is 1.81 bits per heavy atom. The Morgan fingerprint density at radius 3 is 2.45 bits per heavy atom. The summed E-state index contributed by atoms with van der Waals surface area (Å²) in [6, 6.07) is 0. The number of Topliss-reactive ketones (excluding diaryl/α,β-unsaturated/α-hetero) is 2. The third-order valence-corrected chi connectivity index (χ3v) is 9.73. The highest BCUT2D eigenvalue weighted by atomic mass is 16.6. The van der Waals surface area contributed by atoms with Gasteiger partial charge in [-0.25, -0.2) is 0 Å². The molecule has 42 heavy (non-hydrogen) atoms. The van der Waals surface area contributed by atoms with Crippen LogP contribution in [0.15, 0.2) is 41.0 Å². The van der Waals surface area contributed by atoms with Crippen LogP contribution in [0.5, 0.6) is 17.2 Å². The minimum Gasteiger partial charge on any atom is -0.506 e. The summed E-state index contributed by atoms with van der Waals surface area (Å²) in [4.78, 5) is 29.3. The first kappa shape index (κ1) is 28.9. The lowest BCUT2D eigenvalue weighted by Crippen LogP contribution is -2.77. The Labute approximate surface area is 246 Å². The number of ketones is 2. The molecule has 3 aliphatic heterocycles. The van der Waals surface area contributed by atoms with Crippen molar-refractivity contribution in [3.8, 4) is 17.2 Å². The van der Waals surface area contributed by atoms with Crippen molar-refractivity contribution >= 4 is 17.6 Å². The Balaban J connectivity index is 1.70. The van der Waals surface area contributed by atoms with Gasteiger partial charge < -0.3 is 29.2 Å². The van der Waals surface area contributed by atoms with Crippen LogP contribution in [-0.2, 0) is 20.7 Å². The van der Waals surface area contributed by atoms with Gasteiger partial charge in [-0.15, -0.1) is 0 Å². The number of aliphatic hydroxyl groups excluding tert-OH is 1. The van der Waals surface area contributed by atoms with E-state index in [4.69, 9.17) is 18.9 Å². The third-order valence-electron chi connectivity index (χ3n) is 9.73. The number of methoxy groups -OCH3 is 1. The molecule has 8 nitrogen and oxygen atoms in total. The fourth-order valence-corrected chi connectivity index (χ4v) is 7.65. The van der Waals surface area contributed by atoms with Crippen LogP contribution >= 0.6 is 0 Å². The van der Waals surface area contributed by atoms with Gasteiger partial charge in [-0.1, -0.05) is 23.3 Å². The maximum Gasteiger partial charge on any atom is 0.205 e. The molecule has 1 saturated carbocycles. The molecular formula is C34H40O8. The molecule has 6 aliphatic rings. The lowest BCUT2D eigenvalue weighted by Gasteiger charge is -2.59. The van der Waals surface area contributed by atoms with Crippen LogP contribution in [0.3, 0.4) is 0 Å². The molecule has 1 spiro atoms. The number of rotatable bonds is 6. The smallest absolute Gasteiger partial charge is 0.205 e. The molecule has 1 aromatic rings. The van der Waals surface area contributed by atoms with Crippen molar-refractivity contribution in [1.82, 2.24) is 0 Å². The van der Waals surface area contributed by atoms with Gasteiger partial charge in [-0.3, -0.25) is 9.59 Å². The summed E-state index contributed by atoms with van der Waals surface area (Å²) in [6.45, 7) is 13.2. The summed E-state index contributed by atoms with van der Waals surface area (Å²) in [5.41, 5.74) is -2.91. The quantitative estimate of drug-likeness (QED) is 0.445. The molecule has 0 aromatic heterocycles. The van der Waals surface area contributed by atoms with E-state index < -0.39 is 39.7 Å². The van der Waals surface area contributed by atoms with Crippen molar-refractivity contribution in [2.45, 2.75) is 95.7 Å². The van der Waals surface area contributed by atoms with Gasteiger partial charge in [0.2, 0.25) is 5.78 Å². The normalized spacial score (nSPS) is 32.8. The fourth-order valence-electron chi connectivity index (χ4n) is 7.65. The van der Waals surface area contributed by atoms with Gasteiger partial charge in [0.1, 0.15) is 34.0 Å². The lowest BCUT2D eigenvalue weighted by molar-refractivity contribution is -0.190. The zero-order valence-corrected chi connectivity index (χ0v) is 25.6. The molecule has 2 fully saturated rings. The molecule has 8 heteroatoms. The van der Waals surface area contributed by atoms with Crippen LogP contribution in [0.1, 0.15) is 82.8 Å². The van der Waals surface area contributed by atoms with E-state index in [1.807, 2.05) is 53.7 Å². The van der Waals surface area contributed by atoms with Gasteiger partial charge in [0.05, 0.1) is 17.8 Å². The number of ether oxygens (including phenoxy) is 4. The second kappa shape index (κ2) is 8.91. The Bertz CT molecular complexity index is 1550. The molecule has 0 radical (unpaired) electrons. The standard InChI is InChI=1S/C34H40O8/c1-18(2)9-10-21-27-20(12-13-30(4,5)40-27)25(36)24-26(37)22-15-32(39-8)16-23-31(6,7)42-33(29(32)38,14-11-19(3)17-35)34(22,23)41-28(21)24/h9,11-13,15,23,35-36H,10,14,16-17H2,1-8H3. The number of hydrogen-bond acceptors (Lipinski definition) is 8. The molecule has 1 aromatic carbocycles. The monoisotopic (exact) mass is 576 g/mol. The van der Waals surface area contributed by atoms with E-state index in [-0.39, 0.29) is 47.9 Å². The highest BCUT2D eigenvalue weighted by Gasteiger charge is 2.84. The molecule has 3 heterocycles. The van der Waals surface area contributed by atoms with Gasteiger partial charge in [0.15, 0.2) is 17.0 Å².